The quantitative estimate of drug-likeness (QED) is 0.819. The lowest BCUT2D eigenvalue weighted by molar-refractivity contribution is 0.375. The van der Waals surface area contributed by atoms with Gasteiger partial charge in [0.05, 0.1) is 18.6 Å². The van der Waals surface area contributed by atoms with Crippen LogP contribution in [0.1, 0.15) is 11.4 Å². The summed E-state index contributed by atoms with van der Waals surface area (Å²) >= 11 is 5.89. The molecular formula is C14H18ClN5O3S. The molecule has 0 fully saturated rings. The van der Waals surface area contributed by atoms with Crippen molar-refractivity contribution in [2.75, 3.05) is 26.1 Å². The Balaban J connectivity index is 2.26. The van der Waals surface area contributed by atoms with Gasteiger partial charge in [0.25, 0.3) is 0 Å². The van der Waals surface area contributed by atoms with Gasteiger partial charge in [-0.2, -0.15) is 15.0 Å². The average molecular weight is 372 g/mol. The van der Waals surface area contributed by atoms with Gasteiger partial charge >= 0.3 is 6.01 Å². The SMILES string of the molecule is COc1nc(CNS(=O)(=O)c2cc(Cl)ccc2C)nc(N(C)C)n1. The van der Waals surface area contributed by atoms with Crippen LogP contribution in [0.15, 0.2) is 23.1 Å². The summed E-state index contributed by atoms with van der Waals surface area (Å²) in [5, 5.41) is 0.345. The maximum absolute atomic E-state index is 12.5. The van der Waals surface area contributed by atoms with Gasteiger partial charge in [0.15, 0.2) is 5.82 Å². The largest absolute Gasteiger partial charge is 0.467 e. The maximum Gasteiger partial charge on any atom is 0.321 e. The molecule has 0 saturated carbocycles. The Morgan fingerprint density at radius 3 is 2.58 bits per heavy atom. The number of anilines is 1. The maximum atomic E-state index is 12.5. The van der Waals surface area contributed by atoms with Crippen LogP contribution in [-0.4, -0.2) is 44.6 Å². The second-order valence-corrected chi connectivity index (χ2v) is 7.34. The molecule has 1 N–H and O–H groups in total. The van der Waals surface area contributed by atoms with Crippen molar-refractivity contribution in [3.8, 4) is 6.01 Å². The van der Waals surface area contributed by atoms with Crippen LogP contribution in [0.2, 0.25) is 5.02 Å². The van der Waals surface area contributed by atoms with Crippen LogP contribution in [0.5, 0.6) is 6.01 Å². The molecule has 2 aromatic rings. The van der Waals surface area contributed by atoms with Crippen molar-refractivity contribution in [1.29, 1.82) is 0 Å². The molecule has 0 aliphatic rings. The van der Waals surface area contributed by atoms with E-state index < -0.39 is 10.0 Å². The Morgan fingerprint density at radius 1 is 1.25 bits per heavy atom. The molecule has 0 saturated heterocycles. The molecule has 2 rings (SSSR count). The highest BCUT2D eigenvalue weighted by Gasteiger charge is 2.18. The Bertz CT molecular complexity index is 842. The predicted octanol–water partition coefficient (Wildman–Crippen LogP) is 1.39. The molecule has 1 aromatic carbocycles. The molecule has 0 atom stereocenters. The van der Waals surface area contributed by atoms with Crippen LogP contribution in [0.3, 0.4) is 0 Å². The minimum atomic E-state index is -3.75. The fourth-order valence-electron chi connectivity index (χ4n) is 1.86. The summed E-state index contributed by atoms with van der Waals surface area (Å²) in [4.78, 5) is 14.1. The number of ether oxygens (including phenoxy) is 1. The van der Waals surface area contributed by atoms with Gasteiger partial charge in [-0.1, -0.05) is 17.7 Å². The Morgan fingerprint density at radius 2 is 1.96 bits per heavy atom. The topological polar surface area (TPSA) is 97.3 Å². The lowest BCUT2D eigenvalue weighted by Crippen LogP contribution is -2.26. The number of aromatic nitrogens is 3. The molecule has 1 aromatic heterocycles. The summed E-state index contributed by atoms with van der Waals surface area (Å²) in [6.45, 7) is 1.59. The number of nitrogens with one attached hydrogen (secondary N) is 1. The van der Waals surface area contributed by atoms with Crippen LogP contribution >= 0.6 is 11.6 Å². The van der Waals surface area contributed by atoms with Crippen molar-refractivity contribution in [2.45, 2.75) is 18.4 Å². The van der Waals surface area contributed by atoms with Crippen molar-refractivity contribution >= 4 is 27.6 Å². The fraction of sp³-hybridized carbons (Fsp3) is 0.357. The van der Waals surface area contributed by atoms with Gasteiger partial charge in [0.2, 0.25) is 16.0 Å². The van der Waals surface area contributed by atoms with Gasteiger partial charge < -0.3 is 9.64 Å². The van der Waals surface area contributed by atoms with Crippen molar-refractivity contribution in [1.82, 2.24) is 19.7 Å². The number of aryl methyl sites for hydroxylation is 1. The second kappa shape index (κ2) is 7.29. The van der Waals surface area contributed by atoms with Crippen molar-refractivity contribution < 1.29 is 13.2 Å². The predicted molar refractivity (Wildman–Crippen MR) is 90.9 cm³/mol. The molecule has 24 heavy (non-hydrogen) atoms. The van der Waals surface area contributed by atoms with E-state index in [-0.39, 0.29) is 23.3 Å². The zero-order valence-corrected chi connectivity index (χ0v) is 15.3. The van der Waals surface area contributed by atoms with E-state index in [0.717, 1.165) is 0 Å². The molecule has 0 unspecified atom stereocenters. The average Bonchev–Trinajstić information content (AvgIpc) is 2.54. The first-order chi connectivity index (χ1) is 11.2. The first-order valence-corrected chi connectivity index (χ1v) is 8.81. The van der Waals surface area contributed by atoms with Gasteiger partial charge in [0.1, 0.15) is 0 Å². The molecule has 1 heterocycles. The van der Waals surface area contributed by atoms with Crippen LogP contribution in [0.4, 0.5) is 5.95 Å². The first-order valence-electron chi connectivity index (χ1n) is 6.95. The molecule has 0 bridgehead atoms. The third-order valence-electron chi connectivity index (χ3n) is 3.09. The molecule has 8 nitrogen and oxygen atoms in total. The van der Waals surface area contributed by atoms with E-state index in [9.17, 15) is 8.42 Å². The third kappa shape index (κ3) is 4.31. The fourth-order valence-corrected chi connectivity index (χ4v) is 3.34. The minimum Gasteiger partial charge on any atom is -0.467 e. The Hall–Kier alpha value is -1.97. The molecule has 0 aliphatic carbocycles. The zero-order chi connectivity index (χ0) is 17.9. The Kier molecular flexibility index (Phi) is 5.58. The highest BCUT2D eigenvalue weighted by atomic mass is 35.5. The van der Waals surface area contributed by atoms with Crippen LogP contribution in [0, 0.1) is 6.92 Å². The van der Waals surface area contributed by atoms with E-state index in [0.29, 0.717) is 16.5 Å². The standard InChI is InChI=1S/C14H18ClN5O3S/c1-9-5-6-10(15)7-11(9)24(21,22)16-8-12-17-13(20(2)3)19-14(18-12)23-4/h5-7,16H,8H2,1-4H3. The molecule has 0 radical (unpaired) electrons. The van der Waals surface area contributed by atoms with E-state index in [4.69, 9.17) is 16.3 Å². The van der Waals surface area contributed by atoms with E-state index in [1.165, 1.54) is 13.2 Å². The van der Waals surface area contributed by atoms with Gasteiger partial charge in [-0.3, -0.25) is 0 Å². The Labute approximate surface area is 145 Å². The summed E-state index contributed by atoms with van der Waals surface area (Å²) in [6, 6.07) is 4.79. The molecular weight excluding hydrogens is 354 g/mol. The van der Waals surface area contributed by atoms with Crippen LogP contribution in [0.25, 0.3) is 0 Å². The van der Waals surface area contributed by atoms with E-state index in [2.05, 4.69) is 19.7 Å². The van der Waals surface area contributed by atoms with Gasteiger partial charge in [-0.15, -0.1) is 0 Å². The number of methoxy groups -OCH3 is 1. The number of nitrogens with zero attached hydrogens (tertiary/aromatic N) is 4. The number of hydrogen-bond donors (Lipinski definition) is 1. The van der Waals surface area contributed by atoms with E-state index in [1.807, 2.05) is 0 Å². The minimum absolute atomic E-state index is 0.103. The van der Waals surface area contributed by atoms with Gasteiger partial charge in [-0.05, 0) is 24.6 Å². The van der Waals surface area contributed by atoms with Crippen LogP contribution in [-0.2, 0) is 16.6 Å². The highest BCUT2D eigenvalue weighted by molar-refractivity contribution is 7.89. The normalized spacial score (nSPS) is 11.4. The van der Waals surface area contributed by atoms with Gasteiger partial charge in [0, 0.05) is 19.1 Å². The lowest BCUT2D eigenvalue weighted by atomic mass is 10.2. The number of sulfonamides is 1. The summed E-state index contributed by atoms with van der Waals surface area (Å²) < 4.78 is 32.4. The summed E-state index contributed by atoms with van der Waals surface area (Å²) in [6.07, 6.45) is 0. The molecule has 130 valence electrons. The van der Waals surface area contributed by atoms with Gasteiger partial charge in [-0.25, -0.2) is 13.1 Å². The molecule has 10 heteroatoms. The lowest BCUT2D eigenvalue weighted by Gasteiger charge is -2.13. The zero-order valence-electron chi connectivity index (χ0n) is 13.7. The molecule has 0 amide bonds. The molecule has 0 spiro atoms. The smallest absolute Gasteiger partial charge is 0.321 e. The second-order valence-electron chi connectivity index (χ2n) is 5.17. The highest BCUT2D eigenvalue weighted by Crippen LogP contribution is 2.20. The number of hydrogen-bond acceptors (Lipinski definition) is 7. The van der Waals surface area contributed by atoms with Crippen molar-refractivity contribution in [3.05, 3.63) is 34.6 Å². The van der Waals surface area contributed by atoms with E-state index in [1.54, 1.807) is 38.1 Å². The van der Waals surface area contributed by atoms with Crippen molar-refractivity contribution in [2.24, 2.45) is 0 Å². The number of halogens is 1. The van der Waals surface area contributed by atoms with E-state index >= 15 is 0 Å². The molecule has 0 aliphatic heterocycles. The number of rotatable bonds is 6. The van der Waals surface area contributed by atoms with Crippen molar-refractivity contribution in [3.63, 3.8) is 0 Å². The summed E-state index contributed by atoms with van der Waals surface area (Å²) in [5.74, 6) is 0.615. The third-order valence-corrected chi connectivity index (χ3v) is 4.87. The van der Waals surface area contributed by atoms with Crippen LogP contribution < -0.4 is 14.4 Å². The summed E-state index contributed by atoms with van der Waals surface area (Å²) in [7, 11) is 1.20. The summed E-state index contributed by atoms with van der Waals surface area (Å²) in [5.41, 5.74) is 0.592. The number of benzene rings is 1. The monoisotopic (exact) mass is 371 g/mol. The first kappa shape index (κ1) is 18.4.